The first-order valence-corrected chi connectivity index (χ1v) is 15.5. The van der Waals surface area contributed by atoms with Gasteiger partial charge in [0.2, 0.25) is 17.7 Å². The number of methoxy groups -OCH3 is 1. The molecule has 2 saturated heterocycles. The topological polar surface area (TPSA) is 161 Å². The number of imide groups is 2. The molecule has 0 aromatic heterocycles. The van der Waals surface area contributed by atoms with Gasteiger partial charge in [-0.05, 0) is 49.1 Å². The summed E-state index contributed by atoms with van der Waals surface area (Å²) in [6, 6.07) is 9.22. The van der Waals surface area contributed by atoms with Gasteiger partial charge in [-0.15, -0.1) is 0 Å². The van der Waals surface area contributed by atoms with Crippen molar-refractivity contribution in [3.8, 4) is 11.5 Å². The molecule has 4 aliphatic rings. The van der Waals surface area contributed by atoms with E-state index in [9.17, 15) is 28.8 Å². The van der Waals surface area contributed by atoms with E-state index in [1.807, 2.05) is 0 Å². The van der Waals surface area contributed by atoms with Crippen LogP contribution in [0.1, 0.15) is 75.2 Å². The third-order valence-electron chi connectivity index (χ3n) is 9.17. The molecule has 13 heteroatoms. The van der Waals surface area contributed by atoms with Gasteiger partial charge in [0.15, 0.2) is 0 Å². The fourth-order valence-corrected chi connectivity index (χ4v) is 6.58. The number of nitrogens with one attached hydrogen (secondary N) is 2. The van der Waals surface area contributed by atoms with Crippen LogP contribution in [0, 0.1) is 0 Å². The lowest BCUT2D eigenvalue weighted by molar-refractivity contribution is -0.137. The highest BCUT2D eigenvalue weighted by Crippen LogP contribution is 2.42. The van der Waals surface area contributed by atoms with Crippen molar-refractivity contribution in [1.82, 2.24) is 20.4 Å². The molecule has 1 atom stereocenters. The Morgan fingerprint density at radius 1 is 1.00 bits per heavy atom. The molecule has 1 spiro atoms. The number of rotatable bonds is 9. The van der Waals surface area contributed by atoms with E-state index in [0.29, 0.717) is 62.4 Å². The molecule has 2 N–H and O–H groups in total. The van der Waals surface area contributed by atoms with Crippen LogP contribution in [0.15, 0.2) is 36.4 Å². The third-order valence-corrected chi connectivity index (χ3v) is 9.17. The van der Waals surface area contributed by atoms with E-state index in [2.05, 4.69) is 10.6 Å². The van der Waals surface area contributed by atoms with Crippen molar-refractivity contribution >= 4 is 35.4 Å². The van der Waals surface area contributed by atoms with Crippen LogP contribution in [-0.4, -0.2) is 96.8 Å². The second-order valence-electron chi connectivity index (χ2n) is 11.9. The molecule has 2 fully saturated rings. The maximum atomic E-state index is 13.3. The summed E-state index contributed by atoms with van der Waals surface area (Å²) < 4.78 is 17.3. The molecule has 4 aliphatic heterocycles. The molecule has 46 heavy (non-hydrogen) atoms. The molecule has 2 aromatic rings. The van der Waals surface area contributed by atoms with E-state index in [4.69, 9.17) is 14.2 Å². The van der Waals surface area contributed by atoms with Crippen molar-refractivity contribution in [2.45, 2.75) is 56.6 Å². The van der Waals surface area contributed by atoms with Gasteiger partial charge in [-0.1, -0.05) is 12.1 Å². The number of likely N-dealkylation sites (tertiary alicyclic amines) is 1. The van der Waals surface area contributed by atoms with Crippen LogP contribution in [0.25, 0.3) is 0 Å². The minimum atomic E-state index is -1.02. The number of piperidine rings is 2. The van der Waals surface area contributed by atoms with Gasteiger partial charge in [0.25, 0.3) is 17.7 Å². The molecule has 6 amide bonds. The number of nitrogens with zero attached hydrogens (tertiary/aromatic N) is 2. The van der Waals surface area contributed by atoms with E-state index in [1.165, 1.54) is 7.11 Å². The maximum Gasteiger partial charge on any atom is 0.262 e. The number of aryl methyl sites for hydroxylation is 1. The number of ether oxygens (including phenoxy) is 3. The van der Waals surface area contributed by atoms with Gasteiger partial charge < -0.3 is 24.4 Å². The zero-order valence-electron chi connectivity index (χ0n) is 25.6. The van der Waals surface area contributed by atoms with Crippen LogP contribution in [0.3, 0.4) is 0 Å². The molecule has 2 aromatic carbocycles. The summed E-state index contributed by atoms with van der Waals surface area (Å²) in [6.45, 7) is 1.85. The summed E-state index contributed by atoms with van der Waals surface area (Å²) in [6.07, 6.45) is 2.99. The molecule has 0 aliphatic carbocycles. The summed E-state index contributed by atoms with van der Waals surface area (Å²) in [5.74, 6) is -1.41. The molecule has 1 unspecified atom stereocenters. The summed E-state index contributed by atoms with van der Waals surface area (Å²) in [5, 5.41) is 5.00. The molecular weight excluding hydrogens is 596 g/mol. The average molecular weight is 633 g/mol. The first-order valence-electron chi connectivity index (χ1n) is 15.5. The summed E-state index contributed by atoms with van der Waals surface area (Å²) in [7, 11) is 1.51. The number of fused-ring (bicyclic) bond motifs is 2. The van der Waals surface area contributed by atoms with E-state index in [0.717, 1.165) is 10.5 Å². The molecule has 242 valence electrons. The summed E-state index contributed by atoms with van der Waals surface area (Å²) in [5.41, 5.74) is 1.22. The fourth-order valence-electron chi connectivity index (χ4n) is 6.58. The molecular formula is C33H36N4O9. The van der Waals surface area contributed by atoms with E-state index in [1.54, 1.807) is 41.3 Å². The Hall–Kier alpha value is -4.78. The maximum absolute atomic E-state index is 13.3. The smallest absolute Gasteiger partial charge is 0.262 e. The summed E-state index contributed by atoms with van der Waals surface area (Å²) in [4.78, 5) is 78.4. The van der Waals surface area contributed by atoms with Crippen molar-refractivity contribution in [2.75, 3.05) is 40.0 Å². The zero-order chi connectivity index (χ0) is 32.4. The Morgan fingerprint density at radius 3 is 2.48 bits per heavy atom. The lowest BCUT2D eigenvalue weighted by Gasteiger charge is -2.44. The highest BCUT2D eigenvalue weighted by molar-refractivity contribution is 6.23. The molecule has 13 nitrogen and oxygen atoms in total. The second-order valence-corrected chi connectivity index (χ2v) is 11.9. The standard InChI is InChI=1S/C33H36N4O9/c1-44-25-5-3-2-4-21(25)29(40)34-13-17-45-16-9-28(39)36-14-11-33(12-15-36)10-8-20-18-22-23(19-26(20)46-33)32(43)37(31(22)42)24-6-7-27(38)35-30(24)41/h2-5,18-19,24H,6-17H2,1H3,(H,34,40)(H,35,38,41). The van der Waals surface area contributed by atoms with Crippen LogP contribution in [0.4, 0.5) is 0 Å². The van der Waals surface area contributed by atoms with Crippen LogP contribution >= 0.6 is 0 Å². The monoisotopic (exact) mass is 632 g/mol. The number of hydrogen-bond acceptors (Lipinski definition) is 9. The second kappa shape index (κ2) is 12.9. The van der Waals surface area contributed by atoms with Crippen LogP contribution in [-0.2, 0) is 25.5 Å². The molecule has 0 radical (unpaired) electrons. The van der Waals surface area contributed by atoms with Crippen molar-refractivity contribution in [3.05, 3.63) is 58.7 Å². The normalized spacial score (nSPS) is 20.2. The van der Waals surface area contributed by atoms with Gasteiger partial charge in [-0.3, -0.25) is 39.0 Å². The van der Waals surface area contributed by atoms with Crippen molar-refractivity contribution in [3.63, 3.8) is 0 Å². The van der Waals surface area contributed by atoms with Crippen molar-refractivity contribution in [1.29, 1.82) is 0 Å². The largest absolute Gasteiger partial charge is 0.496 e. The van der Waals surface area contributed by atoms with Gasteiger partial charge in [0, 0.05) is 38.9 Å². The first kappa shape index (κ1) is 31.2. The van der Waals surface area contributed by atoms with Gasteiger partial charge in [0.1, 0.15) is 23.1 Å². The Morgan fingerprint density at radius 2 is 1.74 bits per heavy atom. The number of para-hydroxylation sites is 1. The molecule has 0 saturated carbocycles. The van der Waals surface area contributed by atoms with Crippen LogP contribution in [0.5, 0.6) is 11.5 Å². The first-order chi connectivity index (χ1) is 22.2. The highest BCUT2D eigenvalue weighted by Gasteiger charge is 2.47. The molecule has 4 heterocycles. The Kier molecular flexibility index (Phi) is 8.76. The lowest BCUT2D eigenvalue weighted by Crippen LogP contribution is -2.54. The highest BCUT2D eigenvalue weighted by atomic mass is 16.5. The van der Waals surface area contributed by atoms with Crippen LogP contribution in [0.2, 0.25) is 0 Å². The molecule has 0 bridgehead atoms. The summed E-state index contributed by atoms with van der Waals surface area (Å²) >= 11 is 0. The minimum Gasteiger partial charge on any atom is -0.496 e. The van der Waals surface area contributed by atoms with Gasteiger partial charge in [-0.25, -0.2) is 0 Å². The minimum absolute atomic E-state index is 0.0143. The van der Waals surface area contributed by atoms with Crippen LogP contribution < -0.4 is 20.1 Å². The predicted octanol–water partition coefficient (Wildman–Crippen LogP) is 1.62. The number of benzene rings is 2. The number of hydrogen-bond donors (Lipinski definition) is 2. The Bertz CT molecular complexity index is 1600. The SMILES string of the molecule is COc1ccccc1C(=O)NCCOCCC(=O)N1CCC2(CCc3cc4c(cc3O2)C(=O)N(C2CCC(=O)NC2=O)C4=O)CC1. The number of carbonyl (C=O) groups excluding carboxylic acids is 6. The third kappa shape index (κ3) is 6.06. The van der Waals surface area contributed by atoms with Gasteiger partial charge >= 0.3 is 0 Å². The number of carbonyl (C=O) groups is 6. The van der Waals surface area contributed by atoms with Crippen molar-refractivity contribution in [2.24, 2.45) is 0 Å². The quantitative estimate of drug-likeness (QED) is 0.309. The number of amides is 6. The van der Waals surface area contributed by atoms with E-state index < -0.39 is 35.3 Å². The van der Waals surface area contributed by atoms with Gasteiger partial charge in [0.05, 0.1) is 43.4 Å². The van der Waals surface area contributed by atoms with E-state index >= 15 is 0 Å². The predicted molar refractivity (Wildman–Crippen MR) is 161 cm³/mol. The van der Waals surface area contributed by atoms with E-state index in [-0.39, 0.29) is 55.4 Å². The van der Waals surface area contributed by atoms with Gasteiger partial charge in [-0.2, -0.15) is 0 Å². The zero-order valence-corrected chi connectivity index (χ0v) is 25.6. The lowest BCUT2D eigenvalue weighted by atomic mass is 9.82. The average Bonchev–Trinajstić information content (AvgIpc) is 3.29. The Labute approximate surface area is 265 Å². The van der Waals surface area contributed by atoms with Crippen molar-refractivity contribution < 1.29 is 43.0 Å². The molecule has 6 rings (SSSR count). The fraction of sp³-hybridized carbons (Fsp3) is 0.455. The Balaban J connectivity index is 0.968.